The molecule has 0 aliphatic heterocycles. The number of sulfone groups is 1. The fraction of sp³-hybridized carbons (Fsp3) is 0.500. The summed E-state index contributed by atoms with van der Waals surface area (Å²) in [4.78, 5) is -0.386. The quantitative estimate of drug-likeness (QED) is 0.155. The second-order valence-electron chi connectivity index (χ2n) is 9.48. The summed E-state index contributed by atoms with van der Waals surface area (Å²) in [5.41, 5.74) is 0.255. The lowest BCUT2D eigenvalue weighted by Gasteiger charge is -2.42. The van der Waals surface area contributed by atoms with Crippen LogP contribution in [0.1, 0.15) is 6.92 Å². The van der Waals surface area contributed by atoms with Crippen molar-refractivity contribution in [3.63, 3.8) is 0 Å². The molecule has 48 heavy (non-hydrogen) atoms. The molecule has 6 nitrogen and oxygen atoms in total. The average molecular weight is 751 g/mol. The Kier molecular flexibility index (Phi) is 10.8. The van der Waals surface area contributed by atoms with Crippen LogP contribution in [0, 0.1) is 0 Å². The largest absolute Gasteiger partial charge is 0.460 e. The van der Waals surface area contributed by atoms with Crippen LogP contribution in [-0.4, -0.2) is 80.2 Å². The van der Waals surface area contributed by atoms with Gasteiger partial charge in [0.15, 0.2) is 0 Å². The summed E-state index contributed by atoms with van der Waals surface area (Å²) in [6.07, 6.45) is -7.91. The summed E-state index contributed by atoms with van der Waals surface area (Å²) in [7, 11) is -7.43. The number of hydrogen-bond acceptors (Lipinski definition) is 6. The molecule has 0 radical (unpaired) electrons. The molecule has 1 N–H and O–H groups in total. The van der Waals surface area contributed by atoms with Gasteiger partial charge in [0.2, 0.25) is 9.84 Å². The number of aliphatic hydroxyl groups excluding tert-OH is 1. The van der Waals surface area contributed by atoms with E-state index in [2.05, 4.69) is 10.2 Å². The molecule has 0 unspecified atom stereocenters. The summed E-state index contributed by atoms with van der Waals surface area (Å²) >= 11 is 0. The van der Waals surface area contributed by atoms with Gasteiger partial charge < -0.3 is 10.0 Å². The second kappa shape index (κ2) is 12.8. The van der Waals surface area contributed by atoms with Gasteiger partial charge in [0, 0.05) is 18.8 Å². The molecule has 0 heterocycles. The van der Waals surface area contributed by atoms with Crippen LogP contribution in [0.2, 0.25) is 0 Å². The number of azo groups is 1. The Morgan fingerprint density at radius 1 is 0.583 bits per heavy atom. The zero-order chi connectivity index (χ0) is 37.6. The van der Waals surface area contributed by atoms with Crippen molar-refractivity contribution in [1.82, 2.24) is 0 Å². The van der Waals surface area contributed by atoms with Gasteiger partial charge in [-0.05, 0) is 55.5 Å². The third-order valence-electron chi connectivity index (χ3n) is 6.43. The number of likely N-dealkylation sites (N-methyl/N-ethyl adjacent to an activating group) is 1. The van der Waals surface area contributed by atoms with E-state index in [1.54, 1.807) is 11.8 Å². The van der Waals surface area contributed by atoms with E-state index in [-0.39, 0.29) is 31.0 Å². The van der Waals surface area contributed by atoms with Crippen molar-refractivity contribution < 1.29 is 88.2 Å². The van der Waals surface area contributed by atoms with Crippen LogP contribution >= 0.6 is 0 Å². The first-order chi connectivity index (χ1) is 21.4. The van der Waals surface area contributed by atoms with E-state index in [4.69, 9.17) is 5.11 Å². The van der Waals surface area contributed by atoms with Crippen LogP contribution in [0.15, 0.2) is 63.7 Å². The zero-order valence-electron chi connectivity index (χ0n) is 23.2. The maximum atomic E-state index is 14.5. The average Bonchev–Trinajstić information content (AvgIpc) is 2.98. The number of hydrogen-bond donors (Lipinski definition) is 1. The minimum Gasteiger partial charge on any atom is -0.395 e. The molecule has 0 aliphatic carbocycles. The Morgan fingerprint density at radius 2 is 0.938 bits per heavy atom. The fourth-order valence-electron chi connectivity index (χ4n) is 3.59. The van der Waals surface area contributed by atoms with Crippen LogP contribution in [0.4, 0.5) is 91.7 Å². The number of anilines is 1. The maximum Gasteiger partial charge on any atom is 0.460 e. The van der Waals surface area contributed by atoms with E-state index in [1.807, 2.05) is 0 Å². The highest BCUT2D eigenvalue weighted by Crippen LogP contribution is 2.64. The number of nitrogens with zero attached hydrogens (tertiary/aromatic N) is 3. The molecule has 2 rings (SSSR count). The molecule has 2 aromatic carbocycles. The van der Waals surface area contributed by atoms with Crippen molar-refractivity contribution in [1.29, 1.82) is 0 Å². The van der Waals surface area contributed by atoms with Crippen LogP contribution in [0.3, 0.4) is 0 Å². The van der Waals surface area contributed by atoms with E-state index in [0.717, 1.165) is 0 Å². The van der Waals surface area contributed by atoms with Gasteiger partial charge in [-0.25, -0.2) is 8.42 Å². The predicted octanol–water partition coefficient (Wildman–Crippen LogP) is 8.66. The third kappa shape index (κ3) is 6.24. The standard InChI is InChI=1S/C24H18F17N3O3S/c1-2-44(11-12-45)15-7-3-13(4-8-15)42-43-14-5-9-16(10-6-14)48(46,47)24(40,41)22(35,36)20(31,32)18(27,28)17(25,26)19(29,30)21(33,34)23(37,38)39/h3-10,45H,2,11-12H2,1H3. The van der Waals surface area contributed by atoms with Gasteiger partial charge in [-0.2, -0.15) is 84.9 Å². The van der Waals surface area contributed by atoms with Gasteiger partial charge in [0.05, 0.1) is 22.9 Å². The van der Waals surface area contributed by atoms with E-state index >= 15 is 0 Å². The van der Waals surface area contributed by atoms with Gasteiger partial charge in [-0.1, -0.05) is 0 Å². The molecule has 0 bridgehead atoms. The van der Waals surface area contributed by atoms with Gasteiger partial charge in [0.25, 0.3) is 0 Å². The monoisotopic (exact) mass is 751 g/mol. The Balaban J connectivity index is 2.46. The van der Waals surface area contributed by atoms with Crippen molar-refractivity contribution in [2.75, 3.05) is 24.6 Å². The zero-order valence-corrected chi connectivity index (χ0v) is 24.0. The summed E-state index contributed by atoms with van der Waals surface area (Å²) in [6, 6.07) is 6.44. The molecular weight excluding hydrogens is 733 g/mol. The SMILES string of the molecule is CCN(CCO)c1ccc(N=Nc2ccc(S(=O)(=O)C(F)(F)C(F)(F)C(F)(F)C(F)(F)C(F)(F)C(F)(F)C(F)(F)C(F)(F)F)cc2)cc1. The molecule has 0 aromatic heterocycles. The van der Waals surface area contributed by atoms with Crippen LogP contribution in [-0.2, 0) is 9.84 Å². The van der Waals surface area contributed by atoms with E-state index in [1.165, 1.54) is 24.3 Å². The predicted molar refractivity (Wildman–Crippen MR) is 130 cm³/mol. The molecule has 0 aliphatic rings. The molecule has 272 valence electrons. The highest BCUT2D eigenvalue weighted by molar-refractivity contribution is 7.92. The summed E-state index contributed by atoms with van der Waals surface area (Å²) in [6.45, 7) is 2.35. The Morgan fingerprint density at radius 3 is 1.29 bits per heavy atom. The van der Waals surface area contributed by atoms with Gasteiger partial charge in [-0.3, -0.25) is 0 Å². The van der Waals surface area contributed by atoms with E-state index < -0.39 is 67.4 Å². The normalized spacial score (nSPS) is 14.9. The summed E-state index contributed by atoms with van der Waals surface area (Å²) < 4.78 is 254. The molecule has 24 heteroatoms. The Labute approximate surface area is 257 Å². The van der Waals surface area contributed by atoms with Crippen LogP contribution < -0.4 is 4.90 Å². The number of alkyl halides is 17. The molecule has 0 amide bonds. The first-order valence-electron chi connectivity index (χ1n) is 12.4. The molecule has 2 aromatic rings. The molecule has 0 saturated carbocycles. The van der Waals surface area contributed by atoms with Crippen molar-refractivity contribution in [2.45, 2.75) is 58.8 Å². The molecule has 0 saturated heterocycles. The third-order valence-corrected chi connectivity index (χ3v) is 8.25. The number of rotatable bonds is 14. The first-order valence-corrected chi connectivity index (χ1v) is 13.9. The van der Waals surface area contributed by atoms with Gasteiger partial charge in [0.1, 0.15) is 0 Å². The molecule has 0 atom stereocenters. The van der Waals surface area contributed by atoms with E-state index in [9.17, 15) is 83.1 Å². The van der Waals surface area contributed by atoms with Crippen molar-refractivity contribution in [2.24, 2.45) is 10.2 Å². The minimum absolute atomic E-state index is 0.0757. The van der Waals surface area contributed by atoms with E-state index in [0.29, 0.717) is 24.4 Å². The smallest absolute Gasteiger partial charge is 0.395 e. The highest BCUT2D eigenvalue weighted by Gasteiger charge is 2.96. The van der Waals surface area contributed by atoms with Crippen molar-refractivity contribution >= 4 is 26.9 Å². The van der Waals surface area contributed by atoms with Crippen molar-refractivity contribution in [3.8, 4) is 0 Å². The fourth-order valence-corrected chi connectivity index (χ4v) is 4.85. The molecule has 0 spiro atoms. The summed E-state index contributed by atoms with van der Waals surface area (Å²) in [5.74, 6) is -52.0. The Hall–Kier alpha value is -3.44. The number of benzene rings is 2. The maximum absolute atomic E-state index is 14.5. The molecular formula is C24H18F17N3O3S. The number of halogens is 17. The highest BCUT2D eigenvalue weighted by atomic mass is 32.2. The van der Waals surface area contributed by atoms with Gasteiger partial charge in [-0.15, -0.1) is 0 Å². The Bertz CT molecular complexity index is 1560. The lowest BCUT2D eigenvalue weighted by atomic mass is 9.91. The number of aliphatic hydroxyl groups is 1. The van der Waals surface area contributed by atoms with Crippen LogP contribution in [0.25, 0.3) is 0 Å². The topological polar surface area (TPSA) is 82.3 Å². The van der Waals surface area contributed by atoms with Crippen LogP contribution in [0.5, 0.6) is 0 Å². The first kappa shape index (κ1) is 40.7. The molecule has 0 fully saturated rings. The van der Waals surface area contributed by atoms with Crippen molar-refractivity contribution in [3.05, 3.63) is 48.5 Å². The minimum atomic E-state index is -8.91. The summed E-state index contributed by atoms with van der Waals surface area (Å²) in [5, 5.41) is 8.59. The van der Waals surface area contributed by atoms with Gasteiger partial charge >= 0.3 is 47.0 Å². The lowest BCUT2D eigenvalue weighted by Crippen LogP contribution is -2.75. The lowest BCUT2D eigenvalue weighted by molar-refractivity contribution is -0.458. The second-order valence-corrected chi connectivity index (χ2v) is 11.5.